The van der Waals surface area contributed by atoms with Crippen molar-refractivity contribution in [3.8, 4) is 11.5 Å². The van der Waals surface area contributed by atoms with Gasteiger partial charge in [-0.1, -0.05) is 6.58 Å². The minimum atomic E-state index is -0.221. The third-order valence-corrected chi connectivity index (χ3v) is 3.50. The summed E-state index contributed by atoms with van der Waals surface area (Å²) in [6.45, 7) is 4.70. The molecule has 1 aromatic heterocycles. The molecule has 3 rings (SSSR count). The Kier molecular flexibility index (Phi) is 3.92. The van der Waals surface area contributed by atoms with Crippen molar-refractivity contribution in [2.45, 2.75) is 25.6 Å². The summed E-state index contributed by atoms with van der Waals surface area (Å²) in [4.78, 5) is 3.97. The number of imidazole rings is 1. The Balaban J connectivity index is 1.75. The molecule has 1 fully saturated rings. The van der Waals surface area contributed by atoms with Gasteiger partial charge in [0.1, 0.15) is 11.5 Å². The van der Waals surface area contributed by atoms with E-state index in [4.69, 9.17) is 9.47 Å². The number of aromatic nitrogens is 2. The van der Waals surface area contributed by atoms with Crippen LogP contribution in [-0.2, 0) is 4.74 Å². The molecule has 0 aliphatic carbocycles. The van der Waals surface area contributed by atoms with E-state index < -0.39 is 0 Å². The molecular weight excluding hydrogens is 268 g/mol. The van der Waals surface area contributed by atoms with E-state index in [0.717, 1.165) is 25.9 Å². The topological polar surface area (TPSA) is 56.5 Å². The lowest BCUT2D eigenvalue weighted by Crippen LogP contribution is -2.24. The van der Waals surface area contributed by atoms with Gasteiger partial charge in [-0.05, 0) is 25.0 Å². The van der Waals surface area contributed by atoms with Gasteiger partial charge < -0.3 is 19.1 Å². The van der Waals surface area contributed by atoms with Crippen molar-refractivity contribution in [2.24, 2.45) is 0 Å². The van der Waals surface area contributed by atoms with Crippen molar-refractivity contribution in [3.05, 3.63) is 49.1 Å². The molecule has 0 amide bonds. The molecule has 5 nitrogen and oxygen atoms in total. The standard InChI is InChI=1S/C16H18N2O3/c1-12(18-8-7-17-11-18)14-6-5-13(10-15(14)19)21-16-4-2-3-9-20-16/h5-8,10-11,16,19H,1-4,9H2. The van der Waals surface area contributed by atoms with Gasteiger partial charge in [-0.2, -0.15) is 0 Å². The van der Waals surface area contributed by atoms with Crippen LogP contribution in [0.2, 0.25) is 0 Å². The quantitative estimate of drug-likeness (QED) is 0.938. The first kappa shape index (κ1) is 13.7. The number of hydrogen-bond donors (Lipinski definition) is 1. The van der Waals surface area contributed by atoms with Crippen LogP contribution >= 0.6 is 0 Å². The molecule has 2 heterocycles. The maximum Gasteiger partial charge on any atom is 0.199 e. The molecule has 0 spiro atoms. The van der Waals surface area contributed by atoms with Gasteiger partial charge in [-0.15, -0.1) is 0 Å². The average molecular weight is 286 g/mol. The lowest BCUT2D eigenvalue weighted by atomic mass is 10.1. The van der Waals surface area contributed by atoms with Crippen molar-refractivity contribution in [1.29, 1.82) is 0 Å². The number of phenolic OH excluding ortho intramolecular Hbond substituents is 1. The van der Waals surface area contributed by atoms with Gasteiger partial charge in [0.25, 0.3) is 0 Å². The summed E-state index contributed by atoms with van der Waals surface area (Å²) in [7, 11) is 0. The van der Waals surface area contributed by atoms with E-state index in [1.165, 1.54) is 0 Å². The number of benzene rings is 1. The zero-order chi connectivity index (χ0) is 14.7. The predicted molar refractivity (Wildman–Crippen MR) is 79.0 cm³/mol. The molecule has 110 valence electrons. The normalized spacial score (nSPS) is 18.4. The first-order chi connectivity index (χ1) is 10.2. The van der Waals surface area contributed by atoms with E-state index in [9.17, 15) is 5.11 Å². The maximum absolute atomic E-state index is 10.2. The first-order valence-corrected chi connectivity index (χ1v) is 7.03. The van der Waals surface area contributed by atoms with Crippen LogP contribution in [0.15, 0.2) is 43.5 Å². The Morgan fingerprint density at radius 1 is 1.43 bits per heavy atom. The Morgan fingerprint density at radius 2 is 2.33 bits per heavy atom. The fourth-order valence-electron chi connectivity index (χ4n) is 2.34. The second-order valence-electron chi connectivity index (χ2n) is 5.01. The number of aromatic hydroxyl groups is 1. The summed E-state index contributed by atoms with van der Waals surface area (Å²) in [5, 5.41) is 10.2. The number of nitrogens with zero attached hydrogens (tertiary/aromatic N) is 2. The monoisotopic (exact) mass is 286 g/mol. The summed E-state index contributed by atoms with van der Waals surface area (Å²) in [6, 6.07) is 5.19. The Hall–Kier alpha value is -2.27. The molecule has 1 aromatic carbocycles. The molecule has 0 bridgehead atoms. The summed E-state index contributed by atoms with van der Waals surface area (Å²) in [5.74, 6) is 0.726. The molecule has 2 aromatic rings. The molecule has 1 N–H and O–H groups in total. The van der Waals surface area contributed by atoms with Gasteiger partial charge >= 0.3 is 0 Å². The molecule has 1 aliphatic heterocycles. The molecule has 0 saturated carbocycles. The SMILES string of the molecule is C=C(c1ccc(OC2CCCCO2)cc1O)n1ccnc1. The van der Waals surface area contributed by atoms with Gasteiger partial charge in [-0.3, -0.25) is 0 Å². The third-order valence-electron chi connectivity index (χ3n) is 3.50. The van der Waals surface area contributed by atoms with E-state index >= 15 is 0 Å². The molecule has 1 atom stereocenters. The lowest BCUT2D eigenvalue weighted by Gasteiger charge is -2.23. The van der Waals surface area contributed by atoms with Crippen LogP contribution < -0.4 is 4.74 Å². The van der Waals surface area contributed by atoms with E-state index in [1.807, 2.05) is 6.07 Å². The number of phenols is 1. The van der Waals surface area contributed by atoms with Gasteiger partial charge in [0, 0.05) is 30.4 Å². The van der Waals surface area contributed by atoms with Crippen LogP contribution in [0.1, 0.15) is 24.8 Å². The summed E-state index contributed by atoms with van der Waals surface area (Å²) < 4.78 is 13.0. The van der Waals surface area contributed by atoms with Crippen LogP contribution in [0.4, 0.5) is 0 Å². The molecule has 0 radical (unpaired) electrons. The number of ether oxygens (including phenoxy) is 2. The van der Waals surface area contributed by atoms with Gasteiger partial charge in [-0.25, -0.2) is 4.98 Å². The minimum Gasteiger partial charge on any atom is -0.507 e. The summed E-state index contributed by atoms with van der Waals surface area (Å²) >= 11 is 0. The zero-order valence-electron chi connectivity index (χ0n) is 11.7. The van der Waals surface area contributed by atoms with Crippen LogP contribution in [0.3, 0.4) is 0 Å². The van der Waals surface area contributed by atoms with E-state index in [2.05, 4.69) is 11.6 Å². The second-order valence-corrected chi connectivity index (χ2v) is 5.01. The molecule has 1 unspecified atom stereocenters. The van der Waals surface area contributed by atoms with Crippen molar-refractivity contribution in [1.82, 2.24) is 9.55 Å². The van der Waals surface area contributed by atoms with Crippen LogP contribution in [0.5, 0.6) is 11.5 Å². The average Bonchev–Trinajstić information content (AvgIpc) is 3.02. The van der Waals surface area contributed by atoms with Gasteiger partial charge in [0.15, 0.2) is 6.29 Å². The van der Waals surface area contributed by atoms with E-state index in [-0.39, 0.29) is 12.0 Å². The van der Waals surface area contributed by atoms with Crippen LogP contribution in [0, 0.1) is 0 Å². The molecule has 1 aliphatic rings. The first-order valence-electron chi connectivity index (χ1n) is 7.03. The minimum absolute atomic E-state index is 0.127. The number of rotatable bonds is 4. The molecule has 21 heavy (non-hydrogen) atoms. The smallest absolute Gasteiger partial charge is 0.199 e. The highest BCUT2D eigenvalue weighted by Gasteiger charge is 2.16. The highest BCUT2D eigenvalue weighted by atomic mass is 16.7. The van der Waals surface area contributed by atoms with Crippen molar-refractivity contribution >= 4 is 5.70 Å². The Labute approximate surface area is 123 Å². The maximum atomic E-state index is 10.2. The van der Waals surface area contributed by atoms with Crippen LogP contribution in [0.25, 0.3) is 5.70 Å². The highest BCUT2D eigenvalue weighted by molar-refractivity contribution is 5.69. The predicted octanol–water partition coefficient (Wildman–Crippen LogP) is 3.01. The van der Waals surface area contributed by atoms with Gasteiger partial charge in [0.05, 0.1) is 18.6 Å². The van der Waals surface area contributed by atoms with E-state index in [0.29, 0.717) is 17.0 Å². The summed E-state index contributed by atoms with van der Waals surface area (Å²) in [5.41, 5.74) is 1.30. The van der Waals surface area contributed by atoms with Crippen molar-refractivity contribution in [2.75, 3.05) is 6.61 Å². The van der Waals surface area contributed by atoms with Crippen molar-refractivity contribution < 1.29 is 14.6 Å². The third kappa shape index (κ3) is 3.08. The Morgan fingerprint density at radius 3 is 3.00 bits per heavy atom. The zero-order valence-corrected chi connectivity index (χ0v) is 11.7. The fourth-order valence-corrected chi connectivity index (χ4v) is 2.34. The molecule has 5 heteroatoms. The van der Waals surface area contributed by atoms with E-state index in [1.54, 1.807) is 35.4 Å². The van der Waals surface area contributed by atoms with Crippen molar-refractivity contribution in [3.63, 3.8) is 0 Å². The lowest BCUT2D eigenvalue weighted by molar-refractivity contribution is -0.105. The molecule has 1 saturated heterocycles. The highest BCUT2D eigenvalue weighted by Crippen LogP contribution is 2.30. The fraction of sp³-hybridized carbons (Fsp3) is 0.312. The van der Waals surface area contributed by atoms with Crippen LogP contribution in [-0.4, -0.2) is 27.6 Å². The number of hydrogen-bond acceptors (Lipinski definition) is 4. The molecular formula is C16H18N2O3. The Bertz CT molecular complexity index is 616. The summed E-state index contributed by atoms with van der Waals surface area (Å²) in [6.07, 6.45) is 7.93. The van der Waals surface area contributed by atoms with Gasteiger partial charge in [0.2, 0.25) is 0 Å². The second kappa shape index (κ2) is 6.01. The largest absolute Gasteiger partial charge is 0.507 e.